The summed E-state index contributed by atoms with van der Waals surface area (Å²) in [5.41, 5.74) is 6.70. The lowest BCUT2D eigenvalue weighted by molar-refractivity contribution is -0.133. The number of hydrogen-bond donors (Lipinski definition) is 1. The Labute approximate surface area is 127 Å². The van der Waals surface area contributed by atoms with Crippen LogP contribution in [0.4, 0.5) is 0 Å². The maximum atomic E-state index is 12.1. The van der Waals surface area contributed by atoms with E-state index in [9.17, 15) is 4.79 Å². The molecule has 1 fully saturated rings. The lowest BCUT2D eigenvalue weighted by Gasteiger charge is -2.34. The van der Waals surface area contributed by atoms with Crippen LogP contribution in [0, 0.1) is 0 Å². The molecule has 1 saturated heterocycles. The van der Waals surface area contributed by atoms with Crippen molar-refractivity contribution in [1.82, 2.24) is 14.8 Å². The van der Waals surface area contributed by atoms with E-state index in [0.717, 1.165) is 58.5 Å². The quantitative estimate of drug-likeness (QED) is 0.768. The van der Waals surface area contributed by atoms with Gasteiger partial charge in [0.15, 0.2) is 0 Å². The third kappa shape index (κ3) is 5.44. The summed E-state index contributed by atoms with van der Waals surface area (Å²) in [6.07, 6.45) is 7.42. The SMILES string of the molecule is NCCCCCC(=O)N1CCN(Cc2cccnc2)CC1. The first-order valence-electron chi connectivity index (χ1n) is 7.88. The molecule has 21 heavy (non-hydrogen) atoms. The fraction of sp³-hybridized carbons (Fsp3) is 0.625. The number of amides is 1. The smallest absolute Gasteiger partial charge is 0.222 e. The first kappa shape index (κ1) is 15.9. The molecule has 2 rings (SSSR count). The number of rotatable bonds is 7. The molecule has 1 aromatic rings. The minimum absolute atomic E-state index is 0.299. The molecular weight excluding hydrogens is 264 g/mol. The lowest BCUT2D eigenvalue weighted by Crippen LogP contribution is -2.48. The van der Waals surface area contributed by atoms with Crippen LogP contribution in [-0.2, 0) is 11.3 Å². The molecule has 1 aliphatic heterocycles. The molecular formula is C16H26N4O. The second-order valence-electron chi connectivity index (χ2n) is 5.62. The van der Waals surface area contributed by atoms with Crippen LogP contribution in [0.15, 0.2) is 24.5 Å². The average molecular weight is 290 g/mol. The minimum atomic E-state index is 0.299. The van der Waals surface area contributed by atoms with E-state index in [0.29, 0.717) is 12.3 Å². The third-order valence-electron chi connectivity index (χ3n) is 3.95. The van der Waals surface area contributed by atoms with Gasteiger partial charge in [0.1, 0.15) is 0 Å². The molecule has 0 saturated carbocycles. The van der Waals surface area contributed by atoms with Crippen molar-refractivity contribution in [2.45, 2.75) is 32.2 Å². The summed E-state index contributed by atoms with van der Waals surface area (Å²) in [4.78, 5) is 20.6. The largest absolute Gasteiger partial charge is 0.340 e. The van der Waals surface area contributed by atoms with Gasteiger partial charge in [0, 0.05) is 51.5 Å². The summed E-state index contributed by atoms with van der Waals surface area (Å²) in [7, 11) is 0. The number of nitrogens with zero attached hydrogens (tertiary/aromatic N) is 3. The molecule has 2 heterocycles. The van der Waals surface area contributed by atoms with E-state index in [1.54, 1.807) is 6.20 Å². The molecule has 1 aliphatic rings. The van der Waals surface area contributed by atoms with E-state index in [-0.39, 0.29) is 0 Å². The molecule has 5 nitrogen and oxygen atoms in total. The lowest BCUT2D eigenvalue weighted by atomic mass is 10.1. The summed E-state index contributed by atoms with van der Waals surface area (Å²) in [6, 6.07) is 4.07. The molecule has 2 N–H and O–H groups in total. The molecule has 116 valence electrons. The standard InChI is InChI=1S/C16H26N4O/c17-7-3-1-2-6-16(21)20-11-9-19(10-12-20)14-15-5-4-8-18-13-15/h4-5,8,13H,1-3,6-7,9-12,14,17H2. The fourth-order valence-corrected chi connectivity index (χ4v) is 2.66. The number of piperazine rings is 1. The molecule has 0 aromatic carbocycles. The maximum absolute atomic E-state index is 12.1. The zero-order valence-corrected chi connectivity index (χ0v) is 12.7. The molecule has 5 heteroatoms. The van der Waals surface area contributed by atoms with E-state index < -0.39 is 0 Å². The monoisotopic (exact) mass is 290 g/mol. The summed E-state index contributed by atoms with van der Waals surface area (Å²) >= 11 is 0. The second kappa shape index (κ2) is 8.74. The molecule has 1 amide bonds. The van der Waals surface area contributed by atoms with Crippen molar-refractivity contribution in [3.05, 3.63) is 30.1 Å². The molecule has 0 aliphatic carbocycles. The molecule has 0 radical (unpaired) electrons. The van der Waals surface area contributed by atoms with E-state index in [2.05, 4.69) is 16.0 Å². The van der Waals surface area contributed by atoms with Crippen LogP contribution in [-0.4, -0.2) is 53.4 Å². The van der Waals surface area contributed by atoms with E-state index in [4.69, 9.17) is 5.73 Å². The highest BCUT2D eigenvalue weighted by Gasteiger charge is 2.20. The van der Waals surface area contributed by atoms with Crippen LogP contribution in [0.1, 0.15) is 31.2 Å². The van der Waals surface area contributed by atoms with Crippen LogP contribution in [0.2, 0.25) is 0 Å². The van der Waals surface area contributed by atoms with Crippen molar-refractivity contribution in [3.8, 4) is 0 Å². The van der Waals surface area contributed by atoms with Crippen LogP contribution in [0.5, 0.6) is 0 Å². The van der Waals surface area contributed by atoms with Crippen LogP contribution < -0.4 is 5.73 Å². The van der Waals surface area contributed by atoms with Gasteiger partial charge in [-0.05, 0) is 31.0 Å². The highest BCUT2D eigenvalue weighted by molar-refractivity contribution is 5.76. The Bertz CT molecular complexity index is 416. The van der Waals surface area contributed by atoms with Crippen molar-refractivity contribution in [3.63, 3.8) is 0 Å². The Morgan fingerprint density at radius 1 is 1.19 bits per heavy atom. The van der Waals surface area contributed by atoms with Crippen molar-refractivity contribution >= 4 is 5.91 Å². The van der Waals surface area contributed by atoms with Gasteiger partial charge < -0.3 is 10.6 Å². The van der Waals surface area contributed by atoms with Crippen molar-refractivity contribution in [2.24, 2.45) is 5.73 Å². The van der Waals surface area contributed by atoms with Gasteiger partial charge in [0.2, 0.25) is 5.91 Å². The predicted octanol–water partition coefficient (Wildman–Crippen LogP) is 1.24. The van der Waals surface area contributed by atoms with Crippen molar-refractivity contribution < 1.29 is 4.79 Å². The van der Waals surface area contributed by atoms with E-state index in [1.165, 1.54) is 5.56 Å². The zero-order valence-electron chi connectivity index (χ0n) is 12.7. The Hall–Kier alpha value is -1.46. The first-order valence-corrected chi connectivity index (χ1v) is 7.88. The van der Waals surface area contributed by atoms with Crippen molar-refractivity contribution in [1.29, 1.82) is 0 Å². The van der Waals surface area contributed by atoms with E-state index in [1.807, 2.05) is 17.2 Å². The van der Waals surface area contributed by atoms with Crippen LogP contribution in [0.25, 0.3) is 0 Å². The van der Waals surface area contributed by atoms with Gasteiger partial charge in [0.05, 0.1) is 0 Å². The summed E-state index contributed by atoms with van der Waals surface area (Å²) in [6.45, 7) is 5.23. The number of carbonyl (C=O) groups is 1. The zero-order chi connectivity index (χ0) is 14.9. The van der Waals surface area contributed by atoms with Crippen LogP contribution in [0.3, 0.4) is 0 Å². The number of carbonyl (C=O) groups excluding carboxylic acids is 1. The topological polar surface area (TPSA) is 62.5 Å². The first-order chi connectivity index (χ1) is 10.3. The van der Waals surface area contributed by atoms with Gasteiger partial charge in [-0.25, -0.2) is 0 Å². The molecule has 0 atom stereocenters. The number of nitrogens with two attached hydrogens (primary N) is 1. The maximum Gasteiger partial charge on any atom is 0.222 e. The Balaban J connectivity index is 1.67. The molecule has 0 spiro atoms. The fourth-order valence-electron chi connectivity index (χ4n) is 2.66. The Morgan fingerprint density at radius 3 is 2.67 bits per heavy atom. The van der Waals surface area contributed by atoms with Gasteiger partial charge in [-0.2, -0.15) is 0 Å². The number of pyridine rings is 1. The van der Waals surface area contributed by atoms with Gasteiger partial charge >= 0.3 is 0 Å². The summed E-state index contributed by atoms with van der Waals surface area (Å²) in [5, 5.41) is 0. The second-order valence-corrected chi connectivity index (χ2v) is 5.62. The summed E-state index contributed by atoms with van der Waals surface area (Å²) < 4.78 is 0. The minimum Gasteiger partial charge on any atom is -0.340 e. The van der Waals surface area contributed by atoms with E-state index >= 15 is 0 Å². The normalized spacial score (nSPS) is 16.1. The third-order valence-corrected chi connectivity index (χ3v) is 3.95. The van der Waals surface area contributed by atoms with Gasteiger partial charge in [0.25, 0.3) is 0 Å². The molecule has 0 bridgehead atoms. The highest BCUT2D eigenvalue weighted by atomic mass is 16.2. The Kier molecular flexibility index (Phi) is 6.63. The number of hydrogen-bond acceptors (Lipinski definition) is 4. The molecule has 0 unspecified atom stereocenters. The highest BCUT2D eigenvalue weighted by Crippen LogP contribution is 2.10. The number of unbranched alkanes of at least 4 members (excludes halogenated alkanes) is 2. The average Bonchev–Trinajstić information content (AvgIpc) is 2.53. The molecule has 1 aromatic heterocycles. The van der Waals surface area contributed by atoms with Gasteiger partial charge in [-0.3, -0.25) is 14.7 Å². The van der Waals surface area contributed by atoms with Crippen LogP contribution >= 0.6 is 0 Å². The van der Waals surface area contributed by atoms with Crippen molar-refractivity contribution in [2.75, 3.05) is 32.7 Å². The Morgan fingerprint density at radius 2 is 2.00 bits per heavy atom. The van der Waals surface area contributed by atoms with Gasteiger partial charge in [-0.1, -0.05) is 12.5 Å². The number of aromatic nitrogens is 1. The summed E-state index contributed by atoms with van der Waals surface area (Å²) in [5.74, 6) is 0.299. The van der Waals surface area contributed by atoms with Gasteiger partial charge in [-0.15, -0.1) is 0 Å². The predicted molar refractivity (Wildman–Crippen MR) is 83.6 cm³/mol.